The van der Waals surface area contributed by atoms with Crippen LogP contribution in [0.4, 0.5) is 0 Å². The lowest BCUT2D eigenvalue weighted by molar-refractivity contribution is -0.136. The Morgan fingerprint density at radius 2 is 1.68 bits per heavy atom. The van der Waals surface area contributed by atoms with Crippen LogP contribution in [0.5, 0.6) is 0 Å². The van der Waals surface area contributed by atoms with Crippen LogP contribution in [0, 0.1) is 11.8 Å². The minimum absolute atomic E-state index is 0. The van der Waals surface area contributed by atoms with Crippen LogP contribution >= 0.6 is 24.8 Å². The fourth-order valence-electron chi connectivity index (χ4n) is 4.67. The zero-order valence-corrected chi connectivity index (χ0v) is 19.1. The number of halogens is 2. The van der Waals surface area contributed by atoms with Crippen molar-refractivity contribution in [1.29, 1.82) is 0 Å². The second-order valence-corrected chi connectivity index (χ2v) is 8.08. The van der Waals surface area contributed by atoms with Crippen molar-refractivity contribution in [2.45, 2.75) is 18.8 Å². The van der Waals surface area contributed by atoms with Gasteiger partial charge in [-0.25, -0.2) is 0 Å². The molecule has 0 radical (unpaired) electrons. The first-order valence-corrected chi connectivity index (χ1v) is 10.4. The highest BCUT2D eigenvalue weighted by molar-refractivity contribution is 5.94. The fraction of sp³-hybridized carbons (Fsp3) is 0.435. The van der Waals surface area contributed by atoms with Gasteiger partial charge in [0, 0.05) is 50.1 Å². The molecule has 1 aromatic heterocycles. The van der Waals surface area contributed by atoms with Crippen LogP contribution in [0.1, 0.15) is 34.7 Å². The predicted octanol–water partition coefficient (Wildman–Crippen LogP) is 2.98. The number of benzene rings is 1. The van der Waals surface area contributed by atoms with E-state index in [1.807, 2.05) is 28.0 Å². The summed E-state index contributed by atoms with van der Waals surface area (Å²) in [5, 5.41) is 0. The van der Waals surface area contributed by atoms with E-state index in [0.717, 1.165) is 12.8 Å². The van der Waals surface area contributed by atoms with Gasteiger partial charge in [-0.05, 0) is 43.0 Å². The quantitative estimate of drug-likeness (QED) is 0.753. The normalized spacial score (nSPS) is 22.9. The van der Waals surface area contributed by atoms with Crippen LogP contribution < -0.4 is 5.73 Å². The van der Waals surface area contributed by atoms with E-state index in [1.165, 1.54) is 5.56 Å². The van der Waals surface area contributed by atoms with Crippen molar-refractivity contribution in [2.75, 3.05) is 32.7 Å². The Bertz CT molecular complexity index is 853. The molecule has 3 heterocycles. The third-order valence-corrected chi connectivity index (χ3v) is 6.27. The van der Waals surface area contributed by atoms with Crippen molar-refractivity contribution in [2.24, 2.45) is 17.6 Å². The van der Waals surface area contributed by atoms with E-state index in [4.69, 9.17) is 5.73 Å². The first-order chi connectivity index (χ1) is 14.2. The molecular formula is C23H30Cl2N4O2. The molecule has 2 fully saturated rings. The second-order valence-electron chi connectivity index (χ2n) is 8.08. The number of rotatable bonds is 4. The average molecular weight is 465 g/mol. The molecule has 1 aromatic carbocycles. The molecule has 31 heavy (non-hydrogen) atoms. The third kappa shape index (κ3) is 5.56. The van der Waals surface area contributed by atoms with E-state index in [0.29, 0.717) is 38.3 Å². The lowest BCUT2D eigenvalue weighted by atomic mass is 9.89. The maximum atomic E-state index is 13.3. The number of nitrogens with zero attached hydrogens (tertiary/aromatic N) is 3. The molecule has 4 rings (SSSR count). The Hall–Kier alpha value is -2.15. The summed E-state index contributed by atoms with van der Waals surface area (Å²) >= 11 is 0. The third-order valence-electron chi connectivity index (χ3n) is 6.27. The Morgan fingerprint density at radius 1 is 0.968 bits per heavy atom. The fourth-order valence-corrected chi connectivity index (χ4v) is 4.67. The lowest BCUT2D eigenvalue weighted by Crippen LogP contribution is -2.46. The molecule has 2 aliphatic rings. The van der Waals surface area contributed by atoms with Crippen molar-refractivity contribution in [3.8, 4) is 0 Å². The smallest absolute Gasteiger partial charge is 0.253 e. The van der Waals surface area contributed by atoms with Crippen LogP contribution in [-0.2, 0) is 4.79 Å². The maximum Gasteiger partial charge on any atom is 0.253 e. The second kappa shape index (κ2) is 11.5. The summed E-state index contributed by atoms with van der Waals surface area (Å²) in [6.07, 6.45) is 4.93. The van der Waals surface area contributed by atoms with Crippen molar-refractivity contribution >= 4 is 36.6 Å². The summed E-state index contributed by atoms with van der Waals surface area (Å²) in [6, 6.07) is 13.8. The lowest BCUT2D eigenvalue weighted by Gasteiger charge is -2.34. The summed E-state index contributed by atoms with van der Waals surface area (Å²) in [4.78, 5) is 33.8. The average Bonchev–Trinajstić information content (AvgIpc) is 3.24. The summed E-state index contributed by atoms with van der Waals surface area (Å²) in [5.74, 6) is 0.563. The molecule has 2 amide bonds. The monoisotopic (exact) mass is 464 g/mol. The highest BCUT2D eigenvalue weighted by Gasteiger charge is 2.39. The number of pyridine rings is 1. The minimum Gasteiger partial charge on any atom is -0.341 e. The first kappa shape index (κ1) is 25.1. The zero-order chi connectivity index (χ0) is 20.2. The topological polar surface area (TPSA) is 79.5 Å². The molecule has 0 saturated carbocycles. The number of likely N-dealkylation sites (tertiary alicyclic amines) is 2. The molecule has 0 bridgehead atoms. The van der Waals surface area contributed by atoms with Gasteiger partial charge < -0.3 is 15.5 Å². The Balaban J connectivity index is 0.00000171. The van der Waals surface area contributed by atoms with E-state index in [2.05, 4.69) is 17.1 Å². The minimum atomic E-state index is -0.137. The maximum absolute atomic E-state index is 13.3. The van der Waals surface area contributed by atoms with Gasteiger partial charge in [-0.2, -0.15) is 0 Å². The zero-order valence-electron chi connectivity index (χ0n) is 17.4. The van der Waals surface area contributed by atoms with E-state index in [-0.39, 0.29) is 54.4 Å². The molecular weight excluding hydrogens is 435 g/mol. The van der Waals surface area contributed by atoms with Crippen LogP contribution in [0.25, 0.3) is 0 Å². The summed E-state index contributed by atoms with van der Waals surface area (Å²) < 4.78 is 0. The van der Waals surface area contributed by atoms with Gasteiger partial charge in [0.2, 0.25) is 5.91 Å². The van der Waals surface area contributed by atoms with Crippen molar-refractivity contribution in [3.63, 3.8) is 0 Å². The molecule has 3 atom stereocenters. The van der Waals surface area contributed by atoms with Crippen molar-refractivity contribution < 1.29 is 9.59 Å². The van der Waals surface area contributed by atoms with E-state index in [1.54, 1.807) is 24.5 Å². The van der Waals surface area contributed by atoms with Gasteiger partial charge in [-0.1, -0.05) is 30.3 Å². The summed E-state index contributed by atoms with van der Waals surface area (Å²) in [6.45, 7) is 3.16. The Labute approximate surface area is 196 Å². The number of carbonyl (C=O) groups is 2. The molecule has 0 spiro atoms. The van der Waals surface area contributed by atoms with E-state index in [9.17, 15) is 9.59 Å². The van der Waals surface area contributed by atoms with Gasteiger partial charge in [0.25, 0.3) is 5.91 Å². The van der Waals surface area contributed by atoms with E-state index < -0.39 is 0 Å². The molecule has 1 unspecified atom stereocenters. The van der Waals surface area contributed by atoms with Gasteiger partial charge in [0.15, 0.2) is 0 Å². The number of piperidine rings is 1. The van der Waals surface area contributed by atoms with Crippen LogP contribution in [0.2, 0.25) is 0 Å². The number of hydrogen-bond donors (Lipinski definition) is 1. The Morgan fingerprint density at radius 3 is 2.35 bits per heavy atom. The van der Waals surface area contributed by atoms with Crippen molar-refractivity contribution in [3.05, 3.63) is 66.0 Å². The molecule has 6 nitrogen and oxygen atoms in total. The highest BCUT2D eigenvalue weighted by Crippen LogP contribution is 2.33. The highest BCUT2D eigenvalue weighted by atomic mass is 35.5. The largest absolute Gasteiger partial charge is 0.341 e. The predicted molar refractivity (Wildman–Crippen MR) is 126 cm³/mol. The standard InChI is InChI=1S/C23H28N4O2.2ClH/c24-13-20-15-27(16-21(20)17-5-2-1-3-6-17)23(29)19-7-4-12-26(14-19)22(28)18-8-10-25-11-9-18;;/h1-3,5-6,8-11,19-21H,4,7,12-16,24H2;2*1H/t19?,20-,21+;;/m1../s1. The van der Waals surface area contributed by atoms with Crippen molar-refractivity contribution in [1.82, 2.24) is 14.8 Å². The van der Waals surface area contributed by atoms with Crippen LogP contribution in [0.15, 0.2) is 54.9 Å². The van der Waals surface area contributed by atoms with Gasteiger partial charge in [-0.15, -0.1) is 24.8 Å². The summed E-state index contributed by atoms with van der Waals surface area (Å²) in [5.41, 5.74) is 7.91. The number of amides is 2. The molecule has 168 valence electrons. The van der Waals surface area contributed by atoms with Gasteiger partial charge in [0.1, 0.15) is 0 Å². The van der Waals surface area contributed by atoms with Crippen LogP contribution in [-0.4, -0.2) is 59.3 Å². The molecule has 2 aliphatic heterocycles. The number of nitrogens with two attached hydrogens (primary N) is 1. The van der Waals surface area contributed by atoms with Crippen LogP contribution in [0.3, 0.4) is 0 Å². The summed E-state index contributed by atoms with van der Waals surface area (Å²) in [7, 11) is 0. The molecule has 2 aromatic rings. The molecule has 2 N–H and O–H groups in total. The molecule has 2 saturated heterocycles. The number of hydrogen-bond acceptors (Lipinski definition) is 4. The molecule has 8 heteroatoms. The van der Waals surface area contributed by atoms with Gasteiger partial charge >= 0.3 is 0 Å². The van der Waals surface area contributed by atoms with Gasteiger partial charge in [-0.3, -0.25) is 14.6 Å². The molecule has 0 aliphatic carbocycles. The van der Waals surface area contributed by atoms with Gasteiger partial charge in [0.05, 0.1) is 5.92 Å². The number of carbonyl (C=O) groups excluding carboxylic acids is 2. The van der Waals surface area contributed by atoms with E-state index >= 15 is 0 Å². The Kier molecular flexibility index (Phi) is 9.29. The number of aromatic nitrogens is 1. The SMILES string of the molecule is Cl.Cl.NC[C@@H]1CN(C(=O)C2CCCN(C(=O)c3ccncc3)C2)C[C@H]1c1ccccc1. The first-order valence-electron chi connectivity index (χ1n) is 10.4.